The van der Waals surface area contributed by atoms with Crippen molar-refractivity contribution in [1.82, 2.24) is 15.5 Å². The summed E-state index contributed by atoms with van der Waals surface area (Å²) in [4.78, 5) is 7.45. The minimum atomic E-state index is 0. The van der Waals surface area contributed by atoms with Gasteiger partial charge in [0.25, 0.3) is 0 Å². The number of nitrogens with one attached hydrogen (secondary N) is 2. The second-order valence-corrected chi connectivity index (χ2v) is 7.47. The molecule has 2 unspecified atom stereocenters. The third-order valence-corrected chi connectivity index (χ3v) is 5.27. The molecule has 2 aliphatic rings. The maximum absolute atomic E-state index is 5.67. The molecular weight excluding hydrogens is 467 g/mol. The molecule has 1 heterocycles. The van der Waals surface area contributed by atoms with Crippen LogP contribution in [0.15, 0.2) is 23.2 Å². The Morgan fingerprint density at radius 3 is 2.68 bits per heavy atom. The molecule has 0 amide bonds. The van der Waals surface area contributed by atoms with Crippen LogP contribution in [-0.4, -0.2) is 55.8 Å². The van der Waals surface area contributed by atoms with Crippen molar-refractivity contribution in [1.29, 1.82) is 0 Å². The van der Waals surface area contributed by atoms with Gasteiger partial charge in [-0.05, 0) is 57.7 Å². The molecule has 2 atom stereocenters. The summed E-state index contributed by atoms with van der Waals surface area (Å²) in [5.41, 5.74) is 1.11. The van der Waals surface area contributed by atoms with Gasteiger partial charge in [-0.25, -0.2) is 4.99 Å². The highest BCUT2D eigenvalue weighted by Crippen LogP contribution is 2.33. The first-order chi connectivity index (χ1) is 13.1. The Morgan fingerprint density at radius 2 is 2.04 bits per heavy atom. The Morgan fingerprint density at radius 1 is 1.25 bits per heavy atom. The highest BCUT2D eigenvalue weighted by atomic mass is 127. The lowest BCUT2D eigenvalue weighted by molar-refractivity contribution is 0.256. The number of methoxy groups -OCH3 is 1. The minimum absolute atomic E-state index is 0. The van der Waals surface area contributed by atoms with Gasteiger partial charge in [-0.1, -0.05) is 6.07 Å². The number of halogens is 1. The quantitative estimate of drug-likeness (QED) is 0.324. The first-order valence-electron chi connectivity index (χ1n) is 10.2. The molecule has 158 valence electrons. The molecule has 28 heavy (non-hydrogen) atoms. The van der Waals surface area contributed by atoms with E-state index in [1.807, 2.05) is 25.1 Å². The number of hydrogen-bond acceptors (Lipinski definition) is 4. The second-order valence-electron chi connectivity index (χ2n) is 7.47. The molecular formula is C21H35IN4O2. The van der Waals surface area contributed by atoms with Gasteiger partial charge in [0.15, 0.2) is 17.5 Å². The smallest absolute Gasteiger partial charge is 0.191 e. The van der Waals surface area contributed by atoms with Crippen LogP contribution >= 0.6 is 24.0 Å². The molecule has 1 aliphatic heterocycles. The molecule has 1 saturated carbocycles. The van der Waals surface area contributed by atoms with Gasteiger partial charge in [-0.15, -0.1) is 24.0 Å². The van der Waals surface area contributed by atoms with Gasteiger partial charge < -0.3 is 20.1 Å². The van der Waals surface area contributed by atoms with Crippen LogP contribution < -0.4 is 20.1 Å². The van der Waals surface area contributed by atoms with Gasteiger partial charge in [-0.3, -0.25) is 4.90 Å². The lowest BCUT2D eigenvalue weighted by atomic mass is 10.2. The lowest BCUT2D eigenvalue weighted by Crippen LogP contribution is -2.44. The Kier molecular flexibility index (Phi) is 9.14. The van der Waals surface area contributed by atoms with Crippen LogP contribution in [0, 0.1) is 0 Å². The van der Waals surface area contributed by atoms with Crippen LogP contribution in [0.4, 0.5) is 0 Å². The lowest BCUT2D eigenvalue weighted by Gasteiger charge is -2.20. The first kappa shape index (κ1) is 23.1. The molecule has 0 radical (unpaired) electrons. The second kappa shape index (κ2) is 11.1. The summed E-state index contributed by atoms with van der Waals surface area (Å²) in [6, 6.07) is 7.95. The van der Waals surface area contributed by atoms with Crippen molar-refractivity contribution in [3.63, 3.8) is 0 Å². The topological polar surface area (TPSA) is 58.1 Å². The number of ether oxygens (including phenoxy) is 2. The first-order valence-corrected chi connectivity index (χ1v) is 10.2. The van der Waals surface area contributed by atoms with E-state index in [1.54, 1.807) is 7.11 Å². The predicted molar refractivity (Wildman–Crippen MR) is 125 cm³/mol. The maximum atomic E-state index is 5.67. The molecule has 0 aromatic heterocycles. The zero-order valence-electron chi connectivity index (χ0n) is 17.5. The van der Waals surface area contributed by atoms with E-state index in [-0.39, 0.29) is 24.0 Å². The monoisotopic (exact) mass is 502 g/mol. The third-order valence-electron chi connectivity index (χ3n) is 5.27. The summed E-state index contributed by atoms with van der Waals surface area (Å²) in [6.07, 6.45) is 3.91. The van der Waals surface area contributed by atoms with Gasteiger partial charge in [0.1, 0.15) is 0 Å². The molecule has 1 aliphatic carbocycles. The molecule has 2 fully saturated rings. The molecule has 2 N–H and O–H groups in total. The van der Waals surface area contributed by atoms with Crippen molar-refractivity contribution in [2.45, 2.75) is 64.7 Å². The zero-order chi connectivity index (χ0) is 19.2. The molecule has 3 rings (SSSR count). The SMILES string of the molecule is CCNC(=NCc1ccc(OC)c(OCC)c1)NC1CC(C)N(C2CC2)C1.I. The van der Waals surface area contributed by atoms with Gasteiger partial charge in [0, 0.05) is 31.2 Å². The molecule has 1 aromatic carbocycles. The highest BCUT2D eigenvalue weighted by Gasteiger charge is 2.38. The van der Waals surface area contributed by atoms with Crippen LogP contribution in [0.2, 0.25) is 0 Å². The number of benzene rings is 1. The third kappa shape index (κ3) is 6.14. The van der Waals surface area contributed by atoms with Crippen LogP contribution in [0.25, 0.3) is 0 Å². The van der Waals surface area contributed by atoms with Crippen molar-refractivity contribution >= 4 is 29.9 Å². The van der Waals surface area contributed by atoms with E-state index in [1.165, 1.54) is 19.3 Å². The fourth-order valence-corrected chi connectivity index (χ4v) is 3.85. The van der Waals surface area contributed by atoms with Crippen molar-refractivity contribution in [2.75, 3.05) is 26.8 Å². The van der Waals surface area contributed by atoms with E-state index in [9.17, 15) is 0 Å². The van der Waals surface area contributed by atoms with Crippen LogP contribution in [-0.2, 0) is 6.54 Å². The number of aliphatic imine (C=N–C) groups is 1. The summed E-state index contributed by atoms with van der Waals surface area (Å²) in [5.74, 6) is 2.42. The van der Waals surface area contributed by atoms with Gasteiger partial charge in [-0.2, -0.15) is 0 Å². The van der Waals surface area contributed by atoms with Gasteiger partial charge in [0.2, 0.25) is 0 Å². The normalized spacial score (nSPS) is 22.5. The largest absolute Gasteiger partial charge is 0.493 e. The van der Waals surface area contributed by atoms with E-state index >= 15 is 0 Å². The molecule has 6 nitrogen and oxygen atoms in total. The number of guanidine groups is 1. The van der Waals surface area contributed by atoms with Crippen LogP contribution in [0.5, 0.6) is 11.5 Å². The average molecular weight is 502 g/mol. The van der Waals surface area contributed by atoms with Crippen molar-refractivity contribution in [3.8, 4) is 11.5 Å². The molecule has 1 saturated heterocycles. The van der Waals surface area contributed by atoms with Crippen LogP contribution in [0.1, 0.15) is 45.6 Å². The van der Waals surface area contributed by atoms with E-state index in [0.717, 1.165) is 42.2 Å². The highest BCUT2D eigenvalue weighted by molar-refractivity contribution is 14.0. The fraction of sp³-hybridized carbons (Fsp3) is 0.667. The summed E-state index contributed by atoms with van der Waals surface area (Å²) >= 11 is 0. The number of rotatable bonds is 8. The number of likely N-dealkylation sites (tertiary alicyclic amines) is 1. The van der Waals surface area contributed by atoms with Gasteiger partial charge in [0.05, 0.1) is 20.3 Å². The average Bonchev–Trinajstić information content (AvgIpc) is 3.43. The summed E-state index contributed by atoms with van der Waals surface area (Å²) in [6.45, 7) is 9.62. The standard InChI is InChI=1S/C21H34N4O2.HI/c1-5-22-21(24-17-11-15(3)25(14-17)18-8-9-18)23-13-16-7-10-19(26-4)20(12-16)27-6-2;/h7,10,12,15,17-18H,5-6,8-9,11,13-14H2,1-4H3,(H2,22,23,24);1H. The van der Waals surface area contributed by atoms with Crippen molar-refractivity contribution < 1.29 is 9.47 Å². The van der Waals surface area contributed by atoms with Crippen LogP contribution in [0.3, 0.4) is 0 Å². The Hall–Kier alpha value is -1.22. The molecule has 0 bridgehead atoms. The number of hydrogen-bond donors (Lipinski definition) is 2. The number of nitrogens with zero attached hydrogens (tertiary/aromatic N) is 2. The zero-order valence-corrected chi connectivity index (χ0v) is 19.9. The van der Waals surface area contributed by atoms with Crippen molar-refractivity contribution in [2.24, 2.45) is 4.99 Å². The predicted octanol–water partition coefficient (Wildman–Crippen LogP) is 3.39. The van der Waals surface area contributed by atoms with Crippen molar-refractivity contribution in [3.05, 3.63) is 23.8 Å². The van der Waals surface area contributed by atoms with E-state index < -0.39 is 0 Å². The Bertz CT molecular complexity index is 651. The van der Waals surface area contributed by atoms with E-state index in [2.05, 4.69) is 29.4 Å². The van der Waals surface area contributed by atoms with Gasteiger partial charge >= 0.3 is 0 Å². The Labute approximate surface area is 186 Å². The molecule has 0 spiro atoms. The Balaban J connectivity index is 0.00000280. The maximum Gasteiger partial charge on any atom is 0.191 e. The molecule has 7 heteroatoms. The van der Waals surface area contributed by atoms with E-state index in [4.69, 9.17) is 14.5 Å². The van der Waals surface area contributed by atoms with E-state index in [0.29, 0.717) is 25.2 Å². The fourth-order valence-electron chi connectivity index (χ4n) is 3.85. The summed E-state index contributed by atoms with van der Waals surface area (Å²) in [5, 5.41) is 7.01. The summed E-state index contributed by atoms with van der Waals surface area (Å²) in [7, 11) is 1.66. The minimum Gasteiger partial charge on any atom is -0.493 e. The molecule has 1 aromatic rings. The summed E-state index contributed by atoms with van der Waals surface area (Å²) < 4.78 is 11.0.